The summed E-state index contributed by atoms with van der Waals surface area (Å²) in [6, 6.07) is 12.0. The van der Waals surface area contributed by atoms with Crippen molar-refractivity contribution in [2.75, 3.05) is 4.90 Å². The molecule has 0 unspecified atom stereocenters. The van der Waals surface area contributed by atoms with Crippen LogP contribution in [0.25, 0.3) is 0 Å². The van der Waals surface area contributed by atoms with Crippen LogP contribution in [0.15, 0.2) is 53.1 Å². The van der Waals surface area contributed by atoms with Crippen LogP contribution in [0.5, 0.6) is 0 Å². The number of rotatable bonds is 4. The van der Waals surface area contributed by atoms with E-state index in [9.17, 15) is 14.4 Å². The molecule has 0 spiro atoms. The van der Waals surface area contributed by atoms with Gasteiger partial charge in [0.25, 0.3) is 17.7 Å². The van der Waals surface area contributed by atoms with Gasteiger partial charge in [0, 0.05) is 5.56 Å². The molecule has 6 nitrogen and oxygen atoms in total. The topological polar surface area (TPSA) is 79.6 Å². The summed E-state index contributed by atoms with van der Waals surface area (Å²) in [6.45, 7) is 5.97. The number of carbonyl (C=O) groups is 3. The fourth-order valence-electron chi connectivity index (χ4n) is 3.79. The highest BCUT2D eigenvalue weighted by Crippen LogP contribution is 2.34. The zero-order valence-electron chi connectivity index (χ0n) is 16.4. The van der Waals surface area contributed by atoms with Crippen LogP contribution in [-0.2, 0) is 6.54 Å². The first-order chi connectivity index (χ1) is 13.9. The van der Waals surface area contributed by atoms with Crippen molar-refractivity contribution in [1.82, 2.24) is 5.32 Å². The van der Waals surface area contributed by atoms with Crippen molar-refractivity contribution in [3.05, 3.63) is 87.9 Å². The number of anilines is 1. The van der Waals surface area contributed by atoms with Crippen LogP contribution in [0, 0.1) is 20.8 Å². The van der Waals surface area contributed by atoms with Crippen molar-refractivity contribution < 1.29 is 18.8 Å². The summed E-state index contributed by atoms with van der Waals surface area (Å²) in [5.41, 5.74) is 4.23. The fourth-order valence-corrected chi connectivity index (χ4v) is 3.79. The molecule has 1 aliphatic rings. The quantitative estimate of drug-likeness (QED) is 0.687. The van der Waals surface area contributed by atoms with E-state index in [1.54, 1.807) is 18.2 Å². The number of fused-ring (bicyclic) bond motifs is 1. The maximum Gasteiger partial charge on any atom is 0.266 e. The second kappa shape index (κ2) is 7.05. The average Bonchev–Trinajstić information content (AvgIpc) is 3.28. The highest BCUT2D eigenvalue weighted by atomic mass is 16.3. The van der Waals surface area contributed by atoms with Crippen LogP contribution in [0.2, 0.25) is 0 Å². The molecule has 3 aromatic rings. The molecule has 0 fully saturated rings. The summed E-state index contributed by atoms with van der Waals surface area (Å²) in [7, 11) is 0. The van der Waals surface area contributed by atoms with Gasteiger partial charge in [-0.15, -0.1) is 0 Å². The van der Waals surface area contributed by atoms with Crippen molar-refractivity contribution in [1.29, 1.82) is 0 Å². The third-order valence-electron chi connectivity index (χ3n) is 5.01. The van der Waals surface area contributed by atoms with Crippen molar-refractivity contribution >= 4 is 23.4 Å². The standard InChI is InChI=1S/C23H20N2O4/c1-13-9-14(2)20(15(3)10-13)25-22(27)18-7-6-16(11-19(18)23(25)28)21(26)24-12-17-5-4-8-29-17/h4-11H,12H2,1-3H3,(H,24,26). The third kappa shape index (κ3) is 3.23. The summed E-state index contributed by atoms with van der Waals surface area (Å²) in [6.07, 6.45) is 1.53. The van der Waals surface area contributed by atoms with Gasteiger partial charge in [-0.1, -0.05) is 17.7 Å². The van der Waals surface area contributed by atoms with E-state index < -0.39 is 5.91 Å². The van der Waals surface area contributed by atoms with Gasteiger partial charge in [0.1, 0.15) is 5.76 Å². The third-order valence-corrected chi connectivity index (χ3v) is 5.01. The first-order valence-corrected chi connectivity index (χ1v) is 9.28. The summed E-state index contributed by atoms with van der Waals surface area (Å²) < 4.78 is 5.20. The monoisotopic (exact) mass is 388 g/mol. The number of carbonyl (C=O) groups excluding carboxylic acids is 3. The molecular formula is C23H20N2O4. The molecule has 1 aromatic heterocycles. The number of hydrogen-bond acceptors (Lipinski definition) is 4. The van der Waals surface area contributed by atoms with E-state index in [-0.39, 0.29) is 23.9 Å². The van der Waals surface area contributed by atoms with Gasteiger partial charge in [-0.25, -0.2) is 4.90 Å². The van der Waals surface area contributed by atoms with Gasteiger partial charge in [-0.05, 0) is 62.2 Å². The highest BCUT2D eigenvalue weighted by molar-refractivity contribution is 6.35. The molecule has 3 amide bonds. The van der Waals surface area contributed by atoms with Crippen LogP contribution < -0.4 is 10.2 Å². The van der Waals surface area contributed by atoms with Crippen molar-refractivity contribution in [2.24, 2.45) is 0 Å². The molecule has 2 aromatic carbocycles. The highest BCUT2D eigenvalue weighted by Gasteiger charge is 2.38. The molecule has 1 aliphatic heterocycles. The van der Waals surface area contributed by atoms with Gasteiger partial charge in [0.05, 0.1) is 29.6 Å². The van der Waals surface area contributed by atoms with Gasteiger partial charge in [-0.3, -0.25) is 14.4 Å². The summed E-state index contributed by atoms with van der Waals surface area (Å²) in [5, 5.41) is 2.74. The number of nitrogens with zero attached hydrogens (tertiary/aromatic N) is 1. The van der Waals surface area contributed by atoms with E-state index in [4.69, 9.17) is 4.42 Å². The summed E-state index contributed by atoms with van der Waals surface area (Å²) in [5.74, 6) is -0.504. The Morgan fingerprint density at radius 2 is 1.66 bits per heavy atom. The number of aryl methyl sites for hydroxylation is 3. The first-order valence-electron chi connectivity index (χ1n) is 9.28. The number of furan rings is 1. The Morgan fingerprint density at radius 1 is 0.966 bits per heavy atom. The van der Waals surface area contributed by atoms with E-state index in [1.165, 1.54) is 23.3 Å². The lowest BCUT2D eigenvalue weighted by Crippen LogP contribution is -2.30. The van der Waals surface area contributed by atoms with Crippen LogP contribution in [0.3, 0.4) is 0 Å². The van der Waals surface area contributed by atoms with Gasteiger partial charge < -0.3 is 9.73 Å². The van der Waals surface area contributed by atoms with Crippen LogP contribution in [0.1, 0.15) is 53.5 Å². The molecule has 0 aliphatic carbocycles. The maximum absolute atomic E-state index is 13.1. The molecule has 0 radical (unpaired) electrons. The van der Waals surface area contributed by atoms with Gasteiger partial charge in [0.2, 0.25) is 0 Å². The van der Waals surface area contributed by atoms with Crippen LogP contribution in [-0.4, -0.2) is 17.7 Å². The Balaban J connectivity index is 1.64. The normalized spacial score (nSPS) is 13.0. The Kier molecular flexibility index (Phi) is 4.54. The lowest BCUT2D eigenvalue weighted by atomic mass is 10.0. The molecule has 0 bridgehead atoms. The summed E-state index contributed by atoms with van der Waals surface area (Å²) in [4.78, 5) is 39.7. The molecule has 1 N–H and O–H groups in total. The fraction of sp³-hybridized carbons (Fsp3) is 0.174. The second-order valence-electron chi connectivity index (χ2n) is 7.22. The van der Waals surface area contributed by atoms with Crippen molar-refractivity contribution in [2.45, 2.75) is 27.3 Å². The van der Waals surface area contributed by atoms with E-state index in [0.717, 1.165) is 16.7 Å². The minimum absolute atomic E-state index is 0.236. The minimum atomic E-state index is -0.416. The SMILES string of the molecule is Cc1cc(C)c(N2C(=O)c3ccc(C(=O)NCc4ccco4)cc3C2=O)c(C)c1. The Hall–Kier alpha value is -3.67. The molecule has 0 saturated carbocycles. The molecular weight excluding hydrogens is 368 g/mol. The second-order valence-corrected chi connectivity index (χ2v) is 7.22. The van der Waals surface area contributed by atoms with Crippen LogP contribution in [0.4, 0.5) is 5.69 Å². The van der Waals surface area contributed by atoms with Crippen molar-refractivity contribution in [3.63, 3.8) is 0 Å². The lowest BCUT2D eigenvalue weighted by Gasteiger charge is -2.20. The molecule has 0 atom stereocenters. The first kappa shape index (κ1) is 18.7. The number of benzene rings is 2. The Bertz CT molecular complexity index is 1120. The largest absolute Gasteiger partial charge is 0.467 e. The van der Waals surface area contributed by atoms with Crippen molar-refractivity contribution in [3.8, 4) is 0 Å². The smallest absolute Gasteiger partial charge is 0.266 e. The molecule has 0 saturated heterocycles. The molecule has 29 heavy (non-hydrogen) atoms. The molecule has 6 heteroatoms. The van der Waals surface area contributed by atoms with Gasteiger partial charge in [-0.2, -0.15) is 0 Å². The number of nitrogens with one attached hydrogen (secondary N) is 1. The predicted molar refractivity (Wildman–Crippen MR) is 108 cm³/mol. The number of hydrogen-bond donors (Lipinski definition) is 1. The minimum Gasteiger partial charge on any atom is -0.467 e. The van der Waals surface area contributed by atoms with E-state index >= 15 is 0 Å². The summed E-state index contributed by atoms with van der Waals surface area (Å²) >= 11 is 0. The zero-order valence-corrected chi connectivity index (χ0v) is 16.4. The zero-order chi connectivity index (χ0) is 20.7. The number of amides is 3. The Labute approximate surface area is 168 Å². The average molecular weight is 388 g/mol. The maximum atomic E-state index is 13.1. The van der Waals surface area contributed by atoms with E-state index in [1.807, 2.05) is 32.9 Å². The van der Waals surface area contributed by atoms with Crippen LogP contribution >= 0.6 is 0 Å². The van der Waals surface area contributed by atoms with E-state index in [2.05, 4.69) is 5.32 Å². The molecule has 4 rings (SSSR count). The van der Waals surface area contributed by atoms with E-state index in [0.29, 0.717) is 22.6 Å². The van der Waals surface area contributed by atoms with Gasteiger partial charge >= 0.3 is 0 Å². The Morgan fingerprint density at radius 3 is 2.31 bits per heavy atom. The lowest BCUT2D eigenvalue weighted by molar-refractivity contribution is 0.0923. The molecule has 2 heterocycles. The predicted octanol–water partition coefficient (Wildman–Crippen LogP) is 3.94. The molecule has 146 valence electrons. The van der Waals surface area contributed by atoms with Gasteiger partial charge in [0.15, 0.2) is 0 Å². The number of imide groups is 1.